The smallest absolute Gasteiger partial charge is 0.302 e. The second-order valence-corrected chi connectivity index (χ2v) is 7.35. The van der Waals surface area contributed by atoms with Crippen LogP contribution in [-0.4, -0.2) is 19.2 Å². The van der Waals surface area contributed by atoms with Gasteiger partial charge in [-0.15, -0.1) is 0 Å². The SMILES string of the molecule is COc1ccc2c(c1)CCC1=C2CC[C@]2(C)C1=CC[C@@H]2OC(C)=O. The molecule has 2 atom stereocenters. The van der Waals surface area contributed by atoms with Crippen LogP contribution in [0.1, 0.15) is 50.7 Å². The zero-order valence-corrected chi connectivity index (χ0v) is 14.6. The number of aryl methyl sites for hydroxylation is 1. The maximum absolute atomic E-state index is 11.5. The third kappa shape index (κ3) is 2.21. The van der Waals surface area contributed by atoms with Crippen LogP contribution in [0.25, 0.3) is 5.57 Å². The van der Waals surface area contributed by atoms with Crippen LogP contribution in [0.15, 0.2) is 35.4 Å². The number of benzene rings is 1. The Morgan fingerprint density at radius 2 is 2.04 bits per heavy atom. The molecule has 3 aliphatic carbocycles. The summed E-state index contributed by atoms with van der Waals surface area (Å²) in [4.78, 5) is 11.5. The molecule has 1 aromatic carbocycles. The second kappa shape index (κ2) is 5.51. The minimum absolute atomic E-state index is 0.00341. The Bertz CT molecular complexity index is 771. The van der Waals surface area contributed by atoms with Crippen molar-refractivity contribution >= 4 is 11.5 Å². The minimum atomic E-state index is -0.170. The molecule has 0 N–H and O–H groups in total. The van der Waals surface area contributed by atoms with Crippen molar-refractivity contribution in [3.8, 4) is 5.75 Å². The minimum Gasteiger partial charge on any atom is -0.497 e. The lowest BCUT2D eigenvalue weighted by molar-refractivity contribution is -0.150. The zero-order valence-electron chi connectivity index (χ0n) is 14.6. The Balaban J connectivity index is 1.73. The Labute approximate surface area is 143 Å². The van der Waals surface area contributed by atoms with Crippen LogP contribution in [0.3, 0.4) is 0 Å². The van der Waals surface area contributed by atoms with Crippen molar-refractivity contribution in [3.05, 3.63) is 46.5 Å². The molecule has 3 nitrogen and oxygen atoms in total. The summed E-state index contributed by atoms with van der Waals surface area (Å²) in [5.41, 5.74) is 7.18. The number of esters is 1. The van der Waals surface area contributed by atoms with Gasteiger partial charge in [0.1, 0.15) is 11.9 Å². The van der Waals surface area contributed by atoms with E-state index in [9.17, 15) is 4.79 Å². The highest BCUT2D eigenvalue weighted by Crippen LogP contribution is 2.56. The summed E-state index contributed by atoms with van der Waals surface area (Å²) >= 11 is 0. The van der Waals surface area contributed by atoms with E-state index in [-0.39, 0.29) is 17.5 Å². The Morgan fingerprint density at radius 3 is 2.79 bits per heavy atom. The predicted octanol–water partition coefficient (Wildman–Crippen LogP) is 4.46. The molecule has 1 aromatic rings. The molecule has 0 heterocycles. The van der Waals surface area contributed by atoms with Crippen LogP contribution in [0.5, 0.6) is 5.75 Å². The van der Waals surface area contributed by atoms with E-state index in [1.807, 2.05) is 0 Å². The van der Waals surface area contributed by atoms with E-state index < -0.39 is 0 Å². The van der Waals surface area contributed by atoms with Gasteiger partial charge in [0, 0.05) is 18.8 Å². The summed E-state index contributed by atoms with van der Waals surface area (Å²) in [7, 11) is 1.72. The number of hydrogen-bond donors (Lipinski definition) is 0. The molecule has 3 heteroatoms. The van der Waals surface area contributed by atoms with E-state index in [1.54, 1.807) is 7.11 Å². The number of methoxy groups -OCH3 is 1. The molecule has 126 valence electrons. The van der Waals surface area contributed by atoms with Gasteiger partial charge in [-0.25, -0.2) is 0 Å². The van der Waals surface area contributed by atoms with Crippen molar-refractivity contribution < 1.29 is 14.3 Å². The molecule has 0 saturated heterocycles. The van der Waals surface area contributed by atoms with Crippen LogP contribution >= 0.6 is 0 Å². The molecule has 4 rings (SSSR count). The maximum Gasteiger partial charge on any atom is 0.302 e. The van der Waals surface area contributed by atoms with Crippen molar-refractivity contribution in [1.82, 2.24) is 0 Å². The third-order valence-electron chi connectivity index (χ3n) is 6.04. The van der Waals surface area contributed by atoms with Gasteiger partial charge in [-0.3, -0.25) is 4.79 Å². The monoisotopic (exact) mass is 324 g/mol. The molecule has 24 heavy (non-hydrogen) atoms. The first kappa shape index (κ1) is 15.5. The number of allylic oxidation sites excluding steroid dienone is 2. The lowest BCUT2D eigenvalue weighted by atomic mass is 9.65. The largest absolute Gasteiger partial charge is 0.497 e. The highest BCUT2D eigenvalue weighted by atomic mass is 16.5. The third-order valence-corrected chi connectivity index (χ3v) is 6.04. The van der Waals surface area contributed by atoms with Gasteiger partial charge in [0.15, 0.2) is 0 Å². The summed E-state index contributed by atoms with van der Waals surface area (Å²) in [5.74, 6) is 0.769. The molecule has 0 aliphatic heterocycles. The maximum atomic E-state index is 11.5. The van der Waals surface area contributed by atoms with Gasteiger partial charge >= 0.3 is 5.97 Å². The number of hydrogen-bond acceptors (Lipinski definition) is 3. The quantitative estimate of drug-likeness (QED) is 0.754. The predicted molar refractivity (Wildman–Crippen MR) is 93.8 cm³/mol. The molecule has 0 unspecified atom stereocenters. The first-order valence-corrected chi connectivity index (χ1v) is 8.80. The first-order chi connectivity index (χ1) is 11.5. The Morgan fingerprint density at radius 1 is 1.21 bits per heavy atom. The summed E-state index contributed by atoms with van der Waals surface area (Å²) in [6, 6.07) is 6.45. The second-order valence-electron chi connectivity index (χ2n) is 7.35. The lowest BCUT2D eigenvalue weighted by Crippen LogP contribution is -2.36. The average Bonchev–Trinajstić information content (AvgIpc) is 2.90. The van der Waals surface area contributed by atoms with Crippen LogP contribution in [0.4, 0.5) is 0 Å². The van der Waals surface area contributed by atoms with E-state index in [2.05, 4.69) is 31.2 Å². The van der Waals surface area contributed by atoms with Crippen LogP contribution < -0.4 is 4.74 Å². The topological polar surface area (TPSA) is 35.5 Å². The van der Waals surface area contributed by atoms with Crippen LogP contribution in [0.2, 0.25) is 0 Å². The van der Waals surface area contributed by atoms with Gasteiger partial charge in [0.05, 0.1) is 7.11 Å². The normalized spacial score (nSPS) is 27.8. The van der Waals surface area contributed by atoms with Gasteiger partial charge < -0.3 is 9.47 Å². The van der Waals surface area contributed by atoms with Crippen molar-refractivity contribution in [2.45, 2.75) is 52.1 Å². The molecule has 0 radical (unpaired) electrons. The average molecular weight is 324 g/mol. The molecule has 0 spiro atoms. The number of fused-ring (bicyclic) bond motifs is 4. The molecule has 0 saturated carbocycles. The summed E-state index contributed by atoms with van der Waals surface area (Å²) in [6.07, 6.45) is 7.38. The Kier molecular flexibility index (Phi) is 3.56. The molecule has 0 fully saturated rings. The number of carbonyl (C=O) groups excluding carboxylic acids is 1. The fourth-order valence-electron chi connectivity index (χ4n) is 4.77. The van der Waals surface area contributed by atoms with E-state index in [4.69, 9.17) is 9.47 Å². The van der Waals surface area contributed by atoms with Gasteiger partial charge in [0.2, 0.25) is 0 Å². The fraction of sp³-hybridized carbons (Fsp3) is 0.476. The van der Waals surface area contributed by atoms with Gasteiger partial charge in [-0.2, -0.15) is 0 Å². The summed E-state index contributed by atoms with van der Waals surface area (Å²) in [6.45, 7) is 3.78. The lowest BCUT2D eigenvalue weighted by Gasteiger charge is -2.41. The summed E-state index contributed by atoms with van der Waals surface area (Å²) in [5, 5.41) is 0. The van der Waals surface area contributed by atoms with Crippen molar-refractivity contribution in [2.24, 2.45) is 5.41 Å². The van der Waals surface area contributed by atoms with Crippen molar-refractivity contribution in [2.75, 3.05) is 7.11 Å². The van der Waals surface area contributed by atoms with E-state index in [0.29, 0.717) is 0 Å². The standard InChI is InChI=1S/C21H24O3/c1-13(22)24-20-9-8-19-18-6-4-14-12-15(23-3)5-7-16(14)17(18)10-11-21(19,20)2/h5,7-8,12,20H,4,6,9-11H2,1-3H3/t20-,21+/m0/s1. The highest BCUT2D eigenvalue weighted by molar-refractivity contribution is 5.79. The van der Waals surface area contributed by atoms with Crippen LogP contribution in [-0.2, 0) is 16.0 Å². The molecule has 0 amide bonds. The molecule has 0 aromatic heterocycles. The van der Waals surface area contributed by atoms with Crippen molar-refractivity contribution in [1.29, 1.82) is 0 Å². The molecular weight excluding hydrogens is 300 g/mol. The zero-order chi connectivity index (χ0) is 16.9. The number of carbonyl (C=O) groups is 1. The van der Waals surface area contributed by atoms with Gasteiger partial charge in [-0.1, -0.05) is 19.1 Å². The number of ether oxygens (including phenoxy) is 2. The fourth-order valence-corrected chi connectivity index (χ4v) is 4.77. The van der Waals surface area contributed by atoms with Crippen molar-refractivity contribution in [3.63, 3.8) is 0 Å². The molecule has 3 aliphatic rings. The highest BCUT2D eigenvalue weighted by Gasteiger charge is 2.47. The van der Waals surface area contributed by atoms with E-state index >= 15 is 0 Å². The van der Waals surface area contributed by atoms with E-state index in [0.717, 1.165) is 37.9 Å². The number of rotatable bonds is 2. The first-order valence-electron chi connectivity index (χ1n) is 8.80. The van der Waals surface area contributed by atoms with Gasteiger partial charge in [-0.05, 0) is 65.7 Å². The Hall–Kier alpha value is -2.03. The molecular formula is C21H24O3. The van der Waals surface area contributed by atoms with Gasteiger partial charge in [0.25, 0.3) is 0 Å². The molecule has 0 bridgehead atoms. The summed E-state index contributed by atoms with van der Waals surface area (Å²) < 4.78 is 11.0. The van der Waals surface area contributed by atoms with Crippen LogP contribution in [0, 0.1) is 5.41 Å². The van der Waals surface area contributed by atoms with E-state index in [1.165, 1.54) is 34.8 Å².